The summed E-state index contributed by atoms with van der Waals surface area (Å²) in [6.45, 7) is 5.97. The van der Waals surface area contributed by atoms with Crippen molar-refractivity contribution in [3.63, 3.8) is 0 Å². The number of hydrogen-bond acceptors (Lipinski definition) is 3. The van der Waals surface area contributed by atoms with Crippen LogP contribution in [0.3, 0.4) is 0 Å². The summed E-state index contributed by atoms with van der Waals surface area (Å²) in [6, 6.07) is 13.4. The van der Waals surface area contributed by atoms with Crippen LogP contribution in [0.5, 0.6) is 0 Å². The number of carbonyl (C=O) groups is 1. The quantitative estimate of drug-likeness (QED) is 0.820. The first-order chi connectivity index (χ1) is 11.7. The van der Waals surface area contributed by atoms with Crippen LogP contribution in [-0.2, 0) is 21.2 Å². The third-order valence-corrected chi connectivity index (χ3v) is 5.49. The van der Waals surface area contributed by atoms with Crippen molar-refractivity contribution in [2.45, 2.75) is 38.0 Å². The van der Waals surface area contributed by atoms with Gasteiger partial charge in [-0.1, -0.05) is 49.7 Å². The van der Waals surface area contributed by atoms with E-state index in [0.29, 0.717) is 10.9 Å². The Bertz CT molecular complexity index is 828. The zero-order valence-corrected chi connectivity index (χ0v) is 16.1. The van der Waals surface area contributed by atoms with Gasteiger partial charge in [0.15, 0.2) is 0 Å². The summed E-state index contributed by atoms with van der Waals surface area (Å²) >= 11 is 5.76. The molecule has 0 spiro atoms. The molecule has 0 bridgehead atoms. The highest BCUT2D eigenvalue weighted by atomic mass is 35.5. The molecule has 0 unspecified atom stereocenters. The van der Waals surface area contributed by atoms with Gasteiger partial charge in [-0.25, -0.2) is 13.1 Å². The van der Waals surface area contributed by atoms with Crippen LogP contribution in [0.4, 0.5) is 0 Å². The summed E-state index contributed by atoms with van der Waals surface area (Å²) in [5.74, 6) is -0.585. The highest BCUT2D eigenvalue weighted by Crippen LogP contribution is 2.19. The molecule has 0 aromatic heterocycles. The van der Waals surface area contributed by atoms with E-state index in [4.69, 9.17) is 11.6 Å². The van der Waals surface area contributed by atoms with Gasteiger partial charge in [0.05, 0.1) is 10.8 Å². The van der Waals surface area contributed by atoms with E-state index in [-0.39, 0.29) is 4.90 Å². The van der Waals surface area contributed by atoms with Crippen LogP contribution in [0.1, 0.15) is 37.8 Å². The van der Waals surface area contributed by atoms with Crippen molar-refractivity contribution < 1.29 is 13.2 Å². The second-order valence-electron chi connectivity index (χ2n) is 6.48. The summed E-state index contributed by atoms with van der Waals surface area (Å²) < 4.78 is 26.7. The molecule has 0 saturated carbocycles. The van der Waals surface area contributed by atoms with Crippen molar-refractivity contribution in [2.75, 3.05) is 0 Å². The molecule has 0 aliphatic rings. The average Bonchev–Trinajstić information content (AvgIpc) is 2.54. The molecule has 1 N–H and O–H groups in total. The van der Waals surface area contributed by atoms with Gasteiger partial charge in [-0.05, 0) is 54.7 Å². The van der Waals surface area contributed by atoms with Gasteiger partial charge in [-0.15, -0.1) is 0 Å². The van der Waals surface area contributed by atoms with Crippen molar-refractivity contribution in [1.82, 2.24) is 4.72 Å². The van der Waals surface area contributed by atoms with E-state index in [2.05, 4.69) is 18.6 Å². The van der Waals surface area contributed by atoms with Crippen LogP contribution in [0.25, 0.3) is 0 Å². The summed E-state index contributed by atoms with van der Waals surface area (Å²) in [5, 5.41) is 0.431. The van der Waals surface area contributed by atoms with Gasteiger partial charge < -0.3 is 0 Å². The second-order valence-corrected chi connectivity index (χ2v) is 8.60. The molecule has 2 rings (SSSR count). The van der Waals surface area contributed by atoms with E-state index in [0.717, 1.165) is 12.0 Å². The summed E-state index contributed by atoms with van der Waals surface area (Å²) in [4.78, 5) is 12.4. The standard InChI is InChI=1S/C19H22ClNO3S/c1-13(2)12-15-4-6-16(7-5-15)14(3)19(22)21-25(23,24)18-10-8-17(20)9-11-18/h4-11,13-14H,12H2,1-3H3,(H,21,22)/t14-/m1/s1. The molecule has 0 radical (unpaired) electrons. The predicted octanol–water partition coefficient (Wildman–Crippen LogP) is 4.15. The molecule has 0 aliphatic heterocycles. The molecule has 0 saturated heterocycles. The average molecular weight is 380 g/mol. The minimum Gasteiger partial charge on any atom is -0.273 e. The Morgan fingerprint density at radius 3 is 2.08 bits per heavy atom. The Kier molecular flexibility index (Phi) is 6.25. The molecule has 6 heteroatoms. The van der Waals surface area contributed by atoms with Gasteiger partial charge in [-0.3, -0.25) is 4.79 Å². The largest absolute Gasteiger partial charge is 0.273 e. The number of nitrogens with one attached hydrogen (secondary N) is 1. The van der Waals surface area contributed by atoms with Crippen molar-refractivity contribution in [2.24, 2.45) is 5.92 Å². The van der Waals surface area contributed by atoms with Gasteiger partial charge in [0.1, 0.15) is 0 Å². The Morgan fingerprint density at radius 2 is 1.56 bits per heavy atom. The summed E-state index contributed by atoms with van der Waals surface area (Å²) in [7, 11) is -3.91. The van der Waals surface area contributed by atoms with Crippen molar-refractivity contribution in [1.29, 1.82) is 0 Å². The first kappa shape index (κ1) is 19.5. The highest BCUT2D eigenvalue weighted by molar-refractivity contribution is 7.90. The maximum Gasteiger partial charge on any atom is 0.264 e. The van der Waals surface area contributed by atoms with Gasteiger partial charge in [-0.2, -0.15) is 0 Å². The molecule has 1 atom stereocenters. The van der Waals surface area contributed by atoms with Crippen molar-refractivity contribution in [3.8, 4) is 0 Å². The van der Waals surface area contributed by atoms with E-state index < -0.39 is 21.8 Å². The van der Waals surface area contributed by atoms with E-state index in [1.54, 1.807) is 6.92 Å². The van der Waals surface area contributed by atoms with Crippen LogP contribution in [0.15, 0.2) is 53.4 Å². The van der Waals surface area contributed by atoms with Gasteiger partial charge in [0.2, 0.25) is 5.91 Å². The first-order valence-electron chi connectivity index (χ1n) is 8.10. The molecule has 25 heavy (non-hydrogen) atoms. The first-order valence-corrected chi connectivity index (χ1v) is 9.96. The van der Waals surface area contributed by atoms with Crippen LogP contribution < -0.4 is 4.72 Å². The third kappa shape index (κ3) is 5.31. The van der Waals surface area contributed by atoms with Gasteiger partial charge >= 0.3 is 0 Å². The fourth-order valence-electron chi connectivity index (χ4n) is 2.46. The number of rotatable bonds is 6. The van der Waals surface area contributed by atoms with Crippen molar-refractivity contribution in [3.05, 3.63) is 64.7 Å². The maximum atomic E-state index is 12.3. The SMILES string of the molecule is CC(C)Cc1ccc([C@@H](C)C(=O)NS(=O)(=O)c2ccc(Cl)cc2)cc1. The molecule has 1 amide bonds. The Labute approximate surface area is 154 Å². The van der Waals surface area contributed by atoms with Gasteiger partial charge in [0.25, 0.3) is 10.0 Å². The highest BCUT2D eigenvalue weighted by Gasteiger charge is 2.22. The normalized spacial score (nSPS) is 12.8. The van der Waals surface area contributed by atoms with Gasteiger partial charge in [0, 0.05) is 5.02 Å². The number of benzene rings is 2. The molecule has 4 nitrogen and oxygen atoms in total. The number of sulfonamides is 1. The van der Waals surface area contributed by atoms with Crippen LogP contribution in [0.2, 0.25) is 5.02 Å². The third-order valence-electron chi connectivity index (χ3n) is 3.88. The molecule has 134 valence electrons. The van der Waals surface area contributed by atoms with Crippen LogP contribution in [0, 0.1) is 5.92 Å². The zero-order chi connectivity index (χ0) is 18.6. The minimum absolute atomic E-state index is 0.00438. The lowest BCUT2D eigenvalue weighted by atomic mass is 9.96. The van der Waals surface area contributed by atoms with E-state index in [1.165, 1.54) is 29.8 Å². The number of halogens is 1. The van der Waals surface area contributed by atoms with E-state index in [1.807, 2.05) is 24.3 Å². The molecule has 2 aromatic carbocycles. The Hall–Kier alpha value is -1.85. The number of carbonyl (C=O) groups excluding carboxylic acids is 1. The van der Waals surface area contributed by atoms with E-state index in [9.17, 15) is 13.2 Å². The topological polar surface area (TPSA) is 63.2 Å². The molecule has 2 aromatic rings. The predicted molar refractivity (Wildman–Crippen MR) is 100 cm³/mol. The number of amides is 1. The monoisotopic (exact) mass is 379 g/mol. The van der Waals surface area contributed by atoms with E-state index >= 15 is 0 Å². The number of hydrogen-bond donors (Lipinski definition) is 1. The lowest BCUT2D eigenvalue weighted by Gasteiger charge is -2.14. The molecule has 0 fully saturated rings. The molecular formula is C19H22ClNO3S. The van der Waals surface area contributed by atoms with Crippen molar-refractivity contribution >= 4 is 27.5 Å². The summed E-state index contributed by atoms with van der Waals surface area (Å²) in [5.41, 5.74) is 1.97. The maximum absolute atomic E-state index is 12.3. The minimum atomic E-state index is -3.91. The molecular weight excluding hydrogens is 358 g/mol. The smallest absolute Gasteiger partial charge is 0.264 e. The fraction of sp³-hybridized carbons (Fsp3) is 0.316. The fourth-order valence-corrected chi connectivity index (χ4v) is 3.64. The van der Waals surface area contributed by atoms with Crippen LogP contribution in [-0.4, -0.2) is 14.3 Å². The molecule has 0 aliphatic carbocycles. The summed E-state index contributed by atoms with van der Waals surface area (Å²) in [6.07, 6.45) is 0.964. The Balaban J connectivity index is 2.10. The lowest BCUT2D eigenvalue weighted by Crippen LogP contribution is -2.33. The Morgan fingerprint density at radius 1 is 1.00 bits per heavy atom. The lowest BCUT2D eigenvalue weighted by molar-refractivity contribution is -0.120. The van der Waals surface area contributed by atoms with Crippen LogP contribution >= 0.6 is 11.6 Å². The zero-order valence-electron chi connectivity index (χ0n) is 14.5. The molecule has 0 heterocycles. The second kappa shape index (κ2) is 8.02.